The lowest BCUT2D eigenvalue weighted by atomic mass is 10.0. The number of aromatic nitrogens is 4. The Morgan fingerprint density at radius 3 is 2.58 bits per heavy atom. The lowest BCUT2D eigenvalue weighted by Gasteiger charge is -2.14. The summed E-state index contributed by atoms with van der Waals surface area (Å²) in [6.45, 7) is 2.75. The molecule has 0 aliphatic heterocycles. The van der Waals surface area contributed by atoms with Gasteiger partial charge in [-0.1, -0.05) is 17.7 Å². The molecule has 0 spiro atoms. The summed E-state index contributed by atoms with van der Waals surface area (Å²) in [7, 11) is 1.89. The minimum atomic E-state index is -0.140. The van der Waals surface area contributed by atoms with E-state index in [-0.39, 0.29) is 5.56 Å². The number of hydrogen-bond acceptors (Lipinski definition) is 4. The number of nitrogens with zero attached hydrogens (tertiary/aromatic N) is 4. The van der Waals surface area contributed by atoms with Crippen molar-refractivity contribution < 1.29 is 0 Å². The largest absolute Gasteiger partial charge is 0.370 e. The molecule has 3 heterocycles. The molecule has 0 saturated heterocycles. The van der Waals surface area contributed by atoms with E-state index in [1.54, 1.807) is 21.4 Å². The first-order chi connectivity index (χ1) is 15.0. The molecule has 31 heavy (non-hydrogen) atoms. The minimum absolute atomic E-state index is 0.140. The maximum Gasteiger partial charge on any atom is 0.264 e. The van der Waals surface area contributed by atoms with Crippen LogP contribution in [0.1, 0.15) is 6.92 Å². The molecule has 0 saturated carbocycles. The van der Waals surface area contributed by atoms with Gasteiger partial charge in [0, 0.05) is 41.1 Å². The van der Waals surface area contributed by atoms with Gasteiger partial charge in [-0.2, -0.15) is 5.10 Å². The highest BCUT2D eigenvalue weighted by molar-refractivity contribution is 6.30. The Morgan fingerprint density at radius 1 is 1.00 bits per heavy atom. The van der Waals surface area contributed by atoms with Gasteiger partial charge in [0.15, 0.2) is 0 Å². The van der Waals surface area contributed by atoms with Crippen LogP contribution in [0, 0.1) is 0 Å². The van der Waals surface area contributed by atoms with E-state index in [1.165, 1.54) is 0 Å². The molecule has 154 valence electrons. The van der Waals surface area contributed by atoms with Crippen molar-refractivity contribution in [3.8, 4) is 16.8 Å². The smallest absolute Gasteiger partial charge is 0.264 e. The fourth-order valence-corrected chi connectivity index (χ4v) is 3.94. The SMILES string of the molecule is CCNc1ccc2cc(-c3ccc4nn(C)cc4c3)c(=O)n(-c3ccc(Cl)cc3)c2n1. The van der Waals surface area contributed by atoms with Gasteiger partial charge in [0.05, 0.1) is 11.2 Å². The lowest BCUT2D eigenvalue weighted by molar-refractivity contribution is 0.780. The Hall–Kier alpha value is -3.64. The van der Waals surface area contributed by atoms with E-state index in [2.05, 4.69) is 10.4 Å². The highest BCUT2D eigenvalue weighted by atomic mass is 35.5. The molecule has 0 atom stereocenters. The van der Waals surface area contributed by atoms with Crippen LogP contribution in [-0.4, -0.2) is 25.9 Å². The zero-order valence-electron chi connectivity index (χ0n) is 17.1. The van der Waals surface area contributed by atoms with Crippen LogP contribution in [0.4, 0.5) is 5.82 Å². The number of rotatable bonds is 4. The maximum atomic E-state index is 13.7. The van der Waals surface area contributed by atoms with Crippen LogP contribution in [-0.2, 0) is 7.05 Å². The second kappa shape index (κ2) is 7.56. The molecule has 0 amide bonds. The van der Waals surface area contributed by atoms with Crippen LogP contribution < -0.4 is 10.9 Å². The van der Waals surface area contributed by atoms with Crippen LogP contribution in [0.5, 0.6) is 0 Å². The Labute approximate surface area is 183 Å². The van der Waals surface area contributed by atoms with Gasteiger partial charge in [-0.15, -0.1) is 0 Å². The predicted octanol–water partition coefficient (Wildman–Crippen LogP) is 5.02. The summed E-state index contributed by atoms with van der Waals surface area (Å²) < 4.78 is 3.42. The highest BCUT2D eigenvalue weighted by Crippen LogP contribution is 2.26. The summed E-state index contributed by atoms with van der Waals surface area (Å²) in [6, 6.07) is 18.9. The zero-order chi connectivity index (χ0) is 21.5. The molecule has 6 nitrogen and oxygen atoms in total. The molecule has 0 unspecified atom stereocenters. The van der Waals surface area contributed by atoms with Gasteiger partial charge in [0.2, 0.25) is 0 Å². The molecule has 0 aliphatic rings. The van der Waals surface area contributed by atoms with Crippen molar-refractivity contribution >= 4 is 39.4 Å². The second-order valence-corrected chi connectivity index (χ2v) is 7.83. The third-order valence-electron chi connectivity index (χ3n) is 5.22. The van der Waals surface area contributed by atoms with E-state index in [9.17, 15) is 4.79 Å². The normalized spacial score (nSPS) is 11.3. The molecule has 3 aromatic heterocycles. The number of benzene rings is 2. The third-order valence-corrected chi connectivity index (χ3v) is 5.48. The number of pyridine rings is 2. The standard InChI is InChI=1S/C24H20ClN5O/c1-3-26-22-11-5-16-13-20(15-4-10-21-17(12-15)14-29(2)28-21)24(31)30(23(16)27-22)19-8-6-18(25)7-9-19/h4-14H,3H2,1-2H3,(H,26,27). The van der Waals surface area contributed by atoms with Crippen LogP contribution in [0.25, 0.3) is 38.8 Å². The lowest BCUT2D eigenvalue weighted by Crippen LogP contribution is -2.21. The van der Waals surface area contributed by atoms with Crippen molar-refractivity contribution in [2.45, 2.75) is 6.92 Å². The summed E-state index contributed by atoms with van der Waals surface area (Å²) in [4.78, 5) is 18.4. The number of anilines is 1. The summed E-state index contributed by atoms with van der Waals surface area (Å²) in [5, 5.41) is 10.1. The molecule has 2 aromatic carbocycles. The van der Waals surface area contributed by atoms with E-state index >= 15 is 0 Å². The molecule has 0 aliphatic carbocycles. The fraction of sp³-hybridized carbons (Fsp3) is 0.125. The van der Waals surface area contributed by atoms with Crippen molar-refractivity contribution in [2.75, 3.05) is 11.9 Å². The van der Waals surface area contributed by atoms with Crippen molar-refractivity contribution in [3.63, 3.8) is 0 Å². The molecule has 5 aromatic rings. The molecule has 0 fully saturated rings. The van der Waals surface area contributed by atoms with Crippen LogP contribution in [0.15, 0.2) is 71.7 Å². The first-order valence-electron chi connectivity index (χ1n) is 10.0. The van der Waals surface area contributed by atoms with Gasteiger partial charge >= 0.3 is 0 Å². The number of halogens is 1. The summed E-state index contributed by atoms with van der Waals surface area (Å²) >= 11 is 6.09. The number of aryl methyl sites for hydroxylation is 1. The van der Waals surface area contributed by atoms with Crippen molar-refractivity contribution in [2.24, 2.45) is 7.05 Å². The summed E-state index contributed by atoms with van der Waals surface area (Å²) in [5.74, 6) is 0.724. The third kappa shape index (κ3) is 3.45. The minimum Gasteiger partial charge on any atom is -0.370 e. The molecule has 5 rings (SSSR count). The van der Waals surface area contributed by atoms with Crippen molar-refractivity contribution in [1.29, 1.82) is 0 Å². The van der Waals surface area contributed by atoms with Crippen molar-refractivity contribution in [3.05, 3.63) is 82.2 Å². The van der Waals surface area contributed by atoms with E-state index in [1.807, 2.05) is 68.7 Å². The molecular formula is C24H20ClN5O. The first-order valence-corrected chi connectivity index (χ1v) is 10.4. The van der Waals surface area contributed by atoms with Gasteiger partial charge < -0.3 is 5.32 Å². The van der Waals surface area contributed by atoms with Gasteiger partial charge in [-0.25, -0.2) is 4.98 Å². The van der Waals surface area contributed by atoms with Gasteiger partial charge in [0.25, 0.3) is 5.56 Å². The van der Waals surface area contributed by atoms with Crippen molar-refractivity contribution in [1.82, 2.24) is 19.3 Å². The molecular weight excluding hydrogens is 410 g/mol. The summed E-state index contributed by atoms with van der Waals surface area (Å²) in [5.41, 5.74) is 3.50. The zero-order valence-corrected chi connectivity index (χ0v) is 17.9. The molecule has 0 bridgehead atoms. The quantitative estimate of drug-likeness (QED) is 0.435. The Kier molecular flexibility index (Phi) is 4.71. The van der Waals surface area contributed by atoms with E-state index < -0.39 is 0 Å². The number of fused-ring (bicyclic) bond motifs is 2. The fourth-order valence-electron chi connectivity index (χ4n) is 3.82. The Bertz CT molecular complexity index is 1480. The first kappa shape index (κ1) is 19.3. The monoisotopic (exact) mass is 429 g/mol. The Morgan fingerprint density at radius 2 is 1.81 bits per heavy atom. The molecule has 0 radical (unpaired) electrons. The highest BCUT2D eigenvalue weighted by Gasteiger charge is 2.15. The number of nitrogens with one attached hydrogen (secondary N) is 1. The van der Waals surface area contributed by atoms with Gasteiger partial charge in [0.1, 0.15) is 11.5 Å². The number of hydrogen-bond donors (Lipinski definition) is 1. The topological polar surface area (TPSA) is 64.7 Å². The second-order valence-electron chi connectivity index (χ2n) is 7.39. The maximum absolute atomic E-state index is 13.7. The predicted molar refractivity (Wildman–Crippen MR) is 126 cm³/mol. The van der Waals surface area contributed by atoms with E-state index in [4.69, 9.17) is 16.6 Å². The van der Waals surface area contributed by atoms with Crippen LogP contribution in [0.2, 0.25) is 5.02 Å². The Balaban J connectivity index is 1.81. The van der Waals surface area contributed by atoms with Crippen LogP contribution in [0.3, 0.4) is 0 Å². The van der Waals surface area contributed by atoms with Gasteiger partial charge in [-0.3, -0.25) is 14.0 Å². The molecule has 1 N–H and O–H groups in total. The van der Waals surface area contributed by atoms with E-state index in [0.717, 1.165) is 34.2 Å². The van der Waals surface area contributed by atoms with Gasteiger partial charge in [-0.05, 0) is 67.1 Å². The average Bonchev–Trinajstić information content (AvgIpc) is 3.14. The van der Waals surface area contributed by atoms with Crippen LogP contribution >= 0.6 is 11.6 Å². The summed E-state index contributed by atoms with van der Waals surface area (Å²) in [6.07, 6.45) is 1.95. The van der Waals surface area contributed by atoms with E-state index in [0.29, 0.717) is 21.9 Å². The average molecular weight is 430 g/mol. The molecule has 7 heteroatoms.